The van der Waals surface area contributed by atoms with Crippen LogP contribution >= 0.6 is 11.3 Å². The van der Waals surface area contributed by atoms with Gasteiger partial charge in [0, 0.05) is 29.9 Å². The van der Waals surface area contributed by atoms with Crippen LogP contribution in [0.1, 0.15) is 20.9 Å². The average molecular weight is 289 g/mol. The second-order valence-electron chi connectivity index (χ2n) is 4.31. The molecular weight excluding hydrogens is 274 g/mol. The minimum atomic E-state index is -0.149. The number of carbonyl (C=O) groups is 1. The molecule has 0 aliphatic heterocycles. The summed E-state index contributed by atoms with van der Waals surface area (Å²) in [5.74, 6) is 5.38. The number of nitrogens with zero attached hydrogens (tertiary/aromatic N) is 3. The lowest BCUT2D eigenvalue weighted by Gasteiger charge is -2.16. The summed E-state index contributed by atoms with van der Waals surface area (Å²) in [5.41, 5.74) is 1.42. The van der Waals surface area contributed by atoms with Gasteiger partial charge in [0.25, 0.3) is 5.91 Å². The normalized spacial score (nSPS) is 9.95. The molecule has 2 aromatic heterocycles. The predicted octanol–water partition coefficient (Wildman–Crippen LogP) is 1.10. The number of imidazole rings is 1. The van der Waals surface area contributed by atoms with Crippen molar-refractivity contribution in [3.8, 4) is 11.8 Å². The fourth-order valence-electron chi connectivity index (χ4n) is 1.74. The molecule has 1 amide bonds. The summed E-state index contributed by atoms with van der Waals surface area (Å²) in [7, 11) is 3.55. The topological polar surface area (TPSA) is 58.4 Å². The van der Waals surface area contributed by atoms with Gasteiger partial charge in [-0.25, -0.2) is 4.98 Å². The van der Waals surface area contributed by atoms with E-state index in [-0.39, 0.29) is 12.5 Å². The minimum absolute atomic E-state index is 0.0682. The van der Waals surface area contributed by atoms with Gasteiger partial charge in [0.1, 0.15) is 12.3 Å². The van der Waals surface area contributed by atoms with Gasteiger partial charge in [0.05, 0.1) is 19.1 Å². The molecule has 5 nitrogen and oxygen atoms in total. The van der Waals surface area contributed by atoms with E-state index in [1.165, 1.54) is 0 Å². The van der Waals surface area contributed by atoms with E-state index < -0.39 is 0 Å². The molecule has 0 bridgehead atoms. The smallest absolute Gasteiger partial charge is 0.272 e. The highest BCUT2D eigenvalue weighted by molar-refractivity contribution is 7.10. The molecule has 2 heterocycles. The van der Waals surface area contributed by atoms with Gasteiger partial charge < -0.3 is 14.6 Å². The van der Waals surface area contributed by atoms with Crippen molar-refractivity contribution in [2.45, 2.75) is 6.54 Å². The van der Waals surface area contributed by atoms with Gasteiger partial charge in [-0.05, 0) is 6.07 Å². The van der Waals surface area contributed by atoms with Crippen molar-refractivity contribution in [1.29, 1.82) is 0 Å². The van der Waals surface area contributed by atoms with Crippen LogP contribution in [0.2, 0.25) is 0 Å². The van der Waals surface area contributed by atoms with Crippen LogP contribution in [-0.4, -0.2) is 39.1 Å². The summed E-state index contributed by atoms with van der Waals surface area (Å²) in [5, 5.41) is 10.6. The maximum atomic E-state index is 12.2. The van der Waals surface area contributed by atoms with Crippen LogP contribution in [0, 0.1) is 11.8 Å². The highest BCUT2D eigenvalue weighted by Crippen LogP contribution is 2.16. The molecule has 0 saturated carbocycles. The number of rotatable bonds is 3. The quantitative estimate of drug-likeness (QED) is 0.861. The molecule has 2 aromatic rings. The van der Waals surface area contributed by atoms with Gasteiger partial charge >= 0.3 is 0 Å². The van der Waals surface area contributed by atoms with E-state index in [0.717, 1.165) is 10.4 Å². The Kier molecular flexibility index (Phi) is 4.56. The molecular formula is C14H15N3O2S. The number of aliphatic hydroxyl groups is 1. The van der Waals surface area contributed by atoms with Crippen molar-refractivity contribution >= 4 is 17.2 Å². The number of carbonyl (C=O) groups excluding carboxylic acids is 1. The summed E-state index contributed by atoms with van der Waals surface area (Å²) >= 11 is 1.55. The van der Waals surface area contributed by atoms with E-state index in [1.807, 2.05) is 11.4 Å². The van der Waals surface area contributed by atoms with Crippen molar-refractivity contribution in [3.05, 3.63) is 40.1 Å². The molecule has 0 radical (unpaired) electrons. The molecule has 20 heavy (non-hydrogen) atoms. The standard InChI is InChI=1S/C14H15N3O2S/c1-16(14(19)13-7-15-10-17(13)2)8-12-6-11(9-20-12)4-3-5-18/h6-7,9-10,18H,5,8H2,1-2H3. The number of thiophene rings is 1. The van der Waals surface area contributed by atoms with Gasteiger partial charge in [0.2, 0.25) is 0 Å². The van der Waals surface area contributed by atoms with E-state index in [0.29, 0.717) is 12.2 Å². The Morgan fingerprint density at radius 2 is 2.40 bits per heavy atom. The number of amides is 1. The molecule has 6 heteroatoms. The van der Waals surface area contributed by atoms with Crippen LogP contribution in [-0.2, 0) is 13.6 Å². The maximum Gasteiger partial charge on any atom is 0.272 e. The van der Waals surface area contributed by atoms with Crippen LogP contribution in [0.15, 0.2) is 24.0 Å². The lowest BCUT2D eigenvalue weighted by atomic mass is 10.3. The molecule has 0 aliphatic rings. The fraction of sp³-hybridized carbons (Fsp3) is 0.286. The number of hydrogen-bond acceptors (Lipinski definition) is 4. The second kappa shape index (κ2) is 6.37. The van der Waals surface area contributed by atoms with Crippen LogP contribution in [0.3, 0.4) is 0 Å². The first-order valence-electron chi connectivity index (χ1n) is 6.00. The molecule has 0 aliphatic carbocycles. The third kappa shape index (κ3) is 3.26. The monoisotopic (exact) mass is 289 g/mol. The molecule has 2 rings (SSSR count). The summed E-state index contributed by atoms with van der Waals surface area (Å²) in [4.78, 5) is 18.9. The average Bonchev–Trinajstić information content (AvgIpc) is 3.04. The molecule has 0 saturated heterocycles. The van der Waals surface area contributed by atoms with Gasteiger partial charge in [-0.15, -0.1) is 11.3 Å². The van der Waals surface area contributed by atoms with Crippen molar-refractivity contribution in [2.75, 3.05) is 13.7 Å². The molecule has 1 N–H and O–H groups in total. The first kappa shape index (κ1) is 14.3. The summed E-state index contributed by atoms with van der Waals surface area (Å²) in [6, 6.07) is 1.93. The van der Waals surface area contributed by atoms with E-state index in [4.69, 9.17) is 5.11 Å². The molecule has 0 atom stereocenters. The van der Waals surface area contributed by atoms with E-state index in [1.54, 1.807) is 47.4 Å². The van der Waals surface area contributed by atoms with Crippen molar-refractivity contribution < 1.29 is 9.90 Å². The first-order valence-corrected chi connectivity index (χ1v) is 6.88. The Bertz CT molecular complexity index is 663. The lowest BCUT2D eigenvalue weighted by Crippen LogP contribution is -2.27. The second-order valence-corrected chi connectivity index (χ2v) is 5.31. The third-order valence-electron chi connectivity index (χ3n) is 2.74. The number of hydrogen-bond donors (Lipinski definition) is 1. The number of aryl methyl sites for hydroxylation is 1. The third-order valence-corrected chi connectivity index (χ3v) is 3.66. The van der Waals surface area contributed by atoms with Gasteiger partial charge in [-0.1, -0.05) is 11.8 Å². The van der Waals surface area contributed by atoms with Crippen molar-refractivity contribution in [3.63, 3.8) is 0 Å². The Hall–Kier alpha value is -2.10. The summed E-state index contributed by atoms with van der Waals surface area (Å²) in [6.45, 7) is 0.375. The Balaban J connectivity index is 2.04. The summed E-state index contributed by atoms with van der Waals surface area (Å²) < 4.78 is 1.70. The van der Waals surface area contributed by atoms with Crippen molar-refractivity contribution in [1.82, 2.24) is 14.5 Å². The van der Waals surface area contributed by atoms with Crippen molar-refractivity contribution in [2.24, 2.45) is 7.05 Å². The maximum absolute atomic E-state index is 12.2. The molecule has 0 unspecified atom stereocenters. The predicted molar refractivity (Wildman–Crippen MR) is 77.3 cm³/mol. The fourth-order valence-corrected chi connectivity index (χ4v) is 2.60. The van der Waals surface area contributed by atoms with Crippen LogP contribution in [0.4, 0.5) is 0 Å². The van der Waals surface area contributed by atoms with Gasteiger partial charge in [0.15, 0.2) is 0 Å². The Morgan fingerprint density at radius 3 is 3.05 bits per heavy atom. The zero-order valence-corrected chi connectivity index (χ0v) is 12.1. The van der Waals surface area contributed by atoms with E-state index in [9.17, 15) is 4.79 Å². The van der Waals surface area contributed by atoms with E-state index in [2.05, 4.69) is 16.8 Å². The molecule has 0 aromatic carbocycles. The zero-order valence-electron chi connectivity index (χ0n) is 11.3. The molecule has 0 fully saturated rings. The minimum Gasteiger partial charge on any atom is -0.384 e. The van der Waals surface area contributed by atoms with Crippen LogP contribution in [0.25, 0.3) is 0 Å². The largest absolute Gasteiger partial charge is 0.384 e. The number of aromatic nitrogens is 2. The zero-order chi connectivity index (χ0) is 14.5. The highest BCUT2D eigenvalue weighted by Gasteiger charge is 2.15. The summed E-state index contributed by atoms with van der Waals surface area (Å²) in [6.07, 6.45) is 3.17. The first-order chi connectivity index (χ1) is 9.61. The SMILES string of the molecule is CN(Cc1cc(C#CCO)cs1)C(=O)c1cncn1C. The lowest BCUT2D eigenvalue weighted by molar-refractivity contribution is 0.0777. The van der Waals surface area contributed by atoms with Crippen LogP contribution in [0.5, 0.6) is 0 Å². The Morgan fingerprint density at radius 1 is 1.60 bits per heavy atom. The van der Waals surface area contributed by atoms with Gasteiger partial charge in [-0.2, -0.15) is 0 Å². The molecule has 0 spiro atoms. The molecule has 104 valence electrons. The number of aliphatic hydroxyl groups excluding tert-OH is 1. The van der Waals surface area contributed by atoms with Gasteiger partial charge in [-0.3, -0.25) is 4.79 Å². The Labute approximate surface area is 121 Å². The highest BCUT2D eigenvalue weighted by atomic mass is 32.1. The van der Waals surface area contributed by atoms with E-state index >= 15 is 0 Å². The van der Waals surface area contributed by atoms with Crippen LogP contribution < -0.4 is 0 Å².